The number of carbonyl (C=O) groups excluding carboxylic acids is 1. The number of halogens is 1. The second-order valence-corrected chi connectivity index (χ2v) is 5.32. The van der Waals surface area contributed by atoms with Gasteiger partial charge in [0.25, 0.3) is 0 Å². The van der Waals surface area contributed by atoms with Crippen molar-refractivity contribution in [2.45, 2.75) is 32.2 Å². The molecule has 0 bridgehead atoms. The standard InChI is InChI=1S/C16H24N2O2.ClH/c1-20-15-5-3-2-4-14(15)12-18-16(19)7-6-13-8-10-17-11-9-13;/h2-5,13,17H,6-12H2,1H3,(H,18,19);1H. The van der Waals surface area contributed by atoms with Gasteiger partial charge in [0.05, 0.1) is 7.11 Å². The minimum atomic E-state index is 0. The van der Waals surface area contributed by atoms with E-state index in [1.807, 2.05) is 24.3 Å². The summed E-state index contributed by atoms with van der Waals surface area (Å²) in [5.41, 5.74) is 1.02. The molecule has 0 saturated carbocycles. The summed E-state index contributed by atoms with van der Waals surface area (Å²) < 4.78 is 5.27. The molecule has 0 unspecified atom stereocenters. The van der Waals surface area contributed by atoms with Gasteiger partial charge in [-0.25, -0.2) is 0 Å². The summed E-state index contributed by atoms with van der Waals surface area (Å²) >= 11 is 0. The molecule has 0 atom stereocenters. The number of ether oxygens (including phenoxy) is 1. The minimum Gasteiger partial charge on any atom is -0.496 e. The lowest BCUT2D eigenvalue weighted by Crippen LogP contribution is -2.29. The highest BCUT2D eigenvalue weighted by Crippen LogP contribution is 2.18. The van der Waals surface area contributed by atoms with Gasteiger partial charge < -0.3 is 15.4 Å². The van der Waals surface area contributed by atoms with E-state index >= 15 is 0 Å². The molecule has 1 amide bonds. The van der Waals surface area contributed by atoms with Gasteiger partial charge in [-0.15, -0.1) is 12.4 Å². The predicted octanol–water partition coefficient (Wildman–Crippen LogP) is 2.51. The van der Waals surface area contributed by atoms with Crippen LogP contribution >= 0.6 is 12.4 Å². The number of piperidine rings is 1. The second kappa shape index (κ2) is 9.64. The topological polar surface area (TPSA) is 50.4 Å². The molecule has 0 spiro atoms. The van der Waals surface area contributed by atoms with E-state index in [-0.39, 0.29) is 18.3 Å². The Morgan fingerprint density at radius 2 is 2.05 bits per heavy atom. The first-order valence-electron chi connectivity index (χ1n) is 7.39. The smallest absolute Gasteiger partial charge is 0.220 e. The summed E-state index contributed by atoms with van der Waals surface area (Å²) in [7, 11) is 1.65. The largest absolute Gasteiger partial charge is 0.496 e. The number of benzene rings is 1. The van der Waals surface area contributed by atoms with Gasteiger partial charge in [0.1, 0.15) is 5.75 Å². The Morgan fingerprint density at radius 3 is 2.76 bits per heavy atom. The highest BCUT2D eigenvalue weighted by molar-refractivity contribution is 5.85. The molecule has 1 saturated heterocycles. The molecule has 2 N–H and O–H groups in total. The van der Waals surface area contributed by atoms with E-state index in [0.29, 0.717) is 18.9 Å². The monoisotopic (exact) mass is 312 g/mol. The number of rotatable bonds is 6. The van der Waals surface area contributed by atoms with Crippen LogP contribution in [0.1, 0.15) is 31.2 Å². The van der Waals surface area contributed by atoms with Gasteiger partial charge in [0.15, 0.2) is 0 Å². The van der Waals surface area contributed by atoms with Crippen LogP contribution in [0.2, 0.25) is 0 Å². The molecule has 0 aromatic heterocycles. The normalized spacial score (nSPS) is 15.1. The lowest BCUT2D eigenvalue weighted by atomic mass is 9.93. The fourth-order valence-electron chi connectivity index (χ4n) is 2.64. The van der Waals surface area contributed by atoms with Crippen LogP contribution < -0.4 is 15.4 Å². The lowest BCUT2D eigenvalue weighted by molar-refractivity contribution is -0.121. The highest BCUT2D eigenvalue weighted by Gasteiger charge is 2.14. The molecule has 21 heavy (non-hydrogen) atoms. The quantitative estimate of drug-likeness (QED) is 0.848. The fraction of sp³-hybridized carbons (Fsp3) is 0.562. The predicted molar refractivity (Wildman–Crippen MR) is 86.9 cm³/mol. The molecule has 1 aliphatic heterocycles. The summed E-state index contributed by atoms with van der Waals surface area (Å²) in [6.07, 6.45) is 4.01. The second-order valence-electron chi connectivity index (χ2n) is 5.32. The van der Waals surface area contributed by atoms with Crippen molar-refractivity contribution in [1.82, 2.24) is 10.6 Å². The van der Waals surface area contributed by atoms with Crippen LogP contribution in [0.3, 0.4) is 0 Å². The summed E-state index contributed by atoms with van der Waals surface area (Å²) in [4.78, 5) is 11.9. The van der Waals surface area contributed by atoms with Crippen LogP contribution in [0.5, 0.6) is 5.75 Å². The van der Waals surface area contributed by atoms with Crippen molar-refractivity contribution in [3.05, 3.63) is 29.8 Å². The molecule has 1 fully saturated rings. The summed E-state index contributed by atoms with van der Waals surface area (Å²) in [5, 5.41) is 6.33. The maximum Gasteiger partial charge on any atom is 0.220 e. The third-order valence-corrected chi connectivity index (χ3v) is 3.91. The maximum absolute atomic E-state index is 11.9. The van der Waals surface area contributed by atoms with E-state index < -0.39 is 0 Å². The maximum atomic E-state index is 11.9. The molecular weight excluding hydrogens is 288 g/mol. The van der Waals surface area contributed by atoms with Gasteiger partial charge in [-0.1, -0.05) is 18.2 Å². The number of carbonyl (C=O) groups is 1. The van der Waals surface area contributed by atoms with Gasteiger partial charge in [0, 0.05) is 18.5 Å². The van der Waals surface area contributed by atoms with E-state index in [9.17, 15) is 4.79 Å². The van der Waals surface area contributed by atoms with Crippen molar-refractivity contribution in [1.29, 1.82) is 0 Å². The molecule has 0 radical (unpaired) electrons. The van der Waals surface area contributed by atoms with Gasteiger partial charge in [0.2, 0.25) is 5.91 Å². The average molecular weight is 313 g/mol. The molecule has 1 aromatic carbocycles. The van der Waals surface area contributed by atoms with E-state index in [1.165, 1.54) is 12.8 Å². The van der Waals surface area contributed by atoms with Crippen molar-refractivity contribution < 1.29 is 9.53 Å². The zero-order valence-corrected chi connectivity index (χ0v) is 13.4. The lowest BCUT2D eigenvalue weighted by Gasteiger charge is -2.22. The molecule has 1 heterocycles. The minimum absolute atomic E-state index is 0. The first kappa shape index (κ1) is 17.8. The number of amides is 1. The van der Waals surface area contributed by atoms with Crippen molar-refractivity contribution in [2.75, 3.05) is 20.2 Å². The van der Waals surface area contributed by atoms with Gasteiger partial charge in [-0.2, -0.15) is 0 Å². The zero-order valence-electron chi connectivity index (χ0n) is 12.6. The van der Waals surface area contributed by atoms with E-state index in [0.717, 1.165) is 30.8 Å². The SMILES string of the molecule is COc1ccccc1CNC(=O)CCC1CCNCC1.Cl. The van der Waals surface area contributed by atoms with E-state index in [1.54, 1.807) is 7.11 Å². The Morgan fingerprint density at radius 1 is 1.33 bits per heavy atom. The first-order chi connectivity index (χ1) is 9.79. The van der Waals surface area contributed by atoms with Gasteiger partial charge >= 0.3 is 0 Å². The van der Waals surface area contributed by atoms with E-state index in [4.69, 9.17) is 4.74 Å². The van der Waals surface area contributed by atoms with Crippen LogP contribution in [0.25, 0.3) is 0 Å². The van der Waals surface area contributed by atoms with Crippen molar-refractivity contribution in [3.8, 4) is 5.75 Å². The van der Waals surface area contributed by atoms with Crippen LogP contribution in [-0.2, 0) is 11.3 Å². The third kappa shape index (κ3) is 5.94. The highest BCUT2D eigenvalue weighted by atomic mass is 35.5. The molecule has 4 nitrogen and oxygen atoms in total. The summed E-state index contributed by atoms with van der Waals surface area (Å²) in [5.74, 6) is 1.66. The molecule has 1 aromatic rings. The summed E-state index contributed by atoms with van der Waals surface area (Å²) in [6, 6.07) is 7.78. The molecule has 1 aliphatic rings. The number of hydrogen-bond donors (Lipinski definition) is 2. The summed E-state index contributed by atoms with van der Waals surface area (Å²) in [6.45, 7) is 2.72. The number of methoxy groups -OCH3 is 1. The number of nitrogens with one attached hydrogen (secondary N) is 2. The number of hydrogen-bond acceptors (Lipinski definition) is 3. The fourth-order valence-corrected chi connectivity index (χ4v) is 2.64. The van der Waals surface area contributed by atoms with Crippen molar-refractivity contribution in [2.24, 2.45) is 5.92 Å². The average Bonchev–Trinajstić information content (AvgIpc) is 2.52. The molecular formula is C16H25ClN2O2. The third-order valence-electron chi connectivity index (χ3n) is 3.91. The Bertz CT molecular complexity index is 434. The Hall–Kier alpha value is -1.26. The first-order valence-corrected chi connectivity index (χ1v) is 7.39. The van der Waals surface area contributed by atoms with Crippen LogP contribution in [0, 0.1) is 5.92 Å². The Balaban J connectivity index is 0.00000220. The van der Waals surface area contributed by atoms with Crippen molar-refractivity contribution >= 4 is 18.3 Å². The van der Waals surface area contributed by atoms with E-state index in [2.05, 4.69) is 10.6 Å². The molecule has 0 aliphatic carbocycles. The van der Waals surface area contributed by atoms with Crippen LogP contribution in [-0.4, -0.2) is 26.1 Å². The van der Waals surface area contributed by atoms with Gasteiger partial charge in [-0.05, 0) is 44.3 Å². The molecule has 2 rings (SSSR count). The van der Waals surface area contributed by atoms with Crippen molar-refractivity contribution in [3.63, 3.8) is 0 Å². The molecule has 118 valence electrons. The van der Waals surface area contributed by atoms with Crippen LogP contribution in [0.4, 0.5) is 0 Å². The Kier molecular flexibility index (Phi) is 8.16. The van der Waals surface area contributed by atoms with Crippen LogP contribution in [0.15, 0.2) is 24.3 Å². The Labute approximate surface area is 133 Å². The van der Waals surface area contributed by atoms with Gasteiger partial charge in [-0.3, -0.25) is 4.79 Å². The zero-order chi connectivity index (χ0) is 14.2. The molecule has 5 heteroatoms. The number of para-hydroxylation sites is 1.